The lowest BCUT2D eigenvalue weighted by molar-refractivity contribution is 0.616. The van der Waals surface area contributed by atoms with Gasteiger partial charge in [0.1, 0.15) is 27.9 Å². The van der Waals surface area contributed by atoms with E-state index < -0.39 is 0 Å². The maximum absolute atomic E-state index is 6.35. The summed E-state index contributed by atoms with van der Waals surface area (Å²) in [5, 5.41) is 10.2. The lowest BCUT2D eigenvalue weighted by atomic mass is 9.85. The van der Waals surface area contributed by atoms with Crippen molar-refractivity contribution in [2.45, 2.75) is 0 Å². The molecule has 0 amide bonds. The molecule has 0 aliphatic rings. The first-order valence-corrected chi connectivity index (χ1v) is 14.5. The Morgan fingerprint density at radius 2 is 0.907 bits per heavy atom. The van der Waals surface area contributed by atoms with Crippen LogP contribution in [0, 0.1) is 0 Å². The van der Waals surface area contributed by atoms with E-state index in [4.69, 9.17) is 13.3 Å². The molecule has 0 aliphatic heterocycles. The molecule has 10 aromatic rings. The van der Waals surface area contributed by atoms with Gasteiger partial charge in [0.15, 0.2) is 0 Å². The minimum Gasteiger partial charge on any atom is -0.464 e. The van der Waals surface area contributed by atoms with Crippen LogP contribution in [0.4, 0.5) is 0 Å². The molecule has 0 radical (unpaired) electrons. The number of hydrogen-bond donors (Lipinski definition) is 0. The van der Waals surface area contributed by atoms with Gasteiger partial charge in [-0.1, -0.05) is 91.0 Å². The topological polar surface area (TPSA) is 39.4 Å². The Balaban J connectivity index is 1.34. The average molecular weight is 551 g/mol. The normalized spacial score (nSPS) is 12.2. The third kappa shape index (κ3) is 3.08. The number of benzene rings is 7. The standard InChI is InChI=1S/C40H22O3/c1-3-13-29-27(11-1)37(23-17-18-26-24-9-5-7-15-34(24)42-36(26)21-23)28-12-2-4-14-30(28)38(29)33-22-32-25-10-6-8-16-35(25)43-40(32)31-19-20-41-39(31)33/h1-22H. The van der Waals surface area contributed by atoms with E-state index in [1.807, 2.05) is 30.3 Å². The van der Waals surface area contributed by atoms with Crippen LogP contribution < -0.4 is 0 Å². The zero-order chi connectivity index (χ0) is 28.1. The molecule has 0 N–H and O–H groups in total. The van der Waals surface area contributed by atoms with Gasteiger partial charge in [0.25, 0.3) is 0 Å². The van der Waals surface area contributed by atoms with E-state index in [2.05, 4.69) is 97.1 Å². The largest absolute Gasteiger partial charge is 0.464 e. The fourth-order valence-electron chi connectivity index (χ4n) is 7.11. The van der Waals surface area contributed by atoms with Gasteiger partial charge in [-0.3, -0.25) is 0 Å². The summed E-state index contributed by atoms with van der Waals surface area (Å²) in [4.78, 5) is 0. The third-order valence-corrected chi connectivity index (χ3v) is 8.95. The van der Waals surface area contributed by atoms with Crippen LogP contribution in [-0.4, -0.2) is 0 Å². The van der Waals surface area contributed by atoms with Crippen LogP contribution >= 0.6 is 0 Å². The lowest BCUT2D eigenvalue weighted by Gasteiger charge is -2.18. The van der Waals surface area contributed by atoms with Gasteiger partial charge in [0, 0.05) is 32.7 Å². The second-order valence-electron chi connectivity index (χ2n) is 11.2. The van der Waals surface area contributed by atoms with E-state index in [0.29, 0.717) is 0 Å². The predicted molar refractivity (Wildman–Crippen MR) is 177 cm³/mol. The van der Waals surface area contributed by atoms with Gasteiger partial charge in [-0.05, 0) is 69.1 Å². The second-order valence-corrected chi connectivity index (χ2v) is 11.2. The monoisotopic (exact) mass is 550 g/mol. The van der Waals surface area contributed by atoms with Gasteiger partial charge in [0.05, 0.1) is 11.6 Å². The molecule has 0 atom stereocenters. The van der Waals surface area contributed by atoms with Crippen molar-refractivity contribution >= 4 is 76.4 Å². The van der Waals surface area contributed by atoms with Gasteiger partial charge in [-0.2, -0.15) is 0 Å². The molecular weight excluding hydrogens is 528 g/mol. The van der Waals surface area contributed by atoms with Crippen LogP contribution in [0.3, 0.4) is 0 Å². The molecule has 0 saturated carbocycles. The van der Waals surface area contributed by atoms with Crippen LogP contribution in [-0.2, 0) is 0 Å². The first-order chi connectivity index (χ1) is 21.3. The van der Waals surface area contributed by atoms with Crippen LogP contribution in [0.2, 0.25) is 0 Å². The van der Waals surface area contributed by atoms with E-state index in [0.717, 1.165) is 71.5 Å². The Hall–Kier alpha value is -5.80. The molecule has 0 unspecified atom stereocenters. The third-order valence-electron chi connectivity index (χ3n) is 8.95. The van der Waals surface area contributed by atoms with Gasteiger partial charge >= 0.3 is 0 Å². The molecule has 0 saturated heterocycles. The van der Waals surface area contributed by atoms with Crippen LogP contribution in [0.5, 0.6) is 0 Å². The highest BCUT2D eigenvalue weighted by molar-refractivity contribution is 6.26. The average Bonchev–Trinajstić information content (AvgIpc) is 3.78. The van der Waals surface area contributed by atoms with E-state index in [1.54, 1.807) is 6.26 Å². The van der Waals surface area contributed by atoms with E-state index in [-0.39, 0.29) is 0 Å². The number of hydrogen-bond acceptors (Lipinski definition) is 3. The molecule has 0 spiro atoms. The first kappa shape index (κ1) is 22.8. The highest BCUT2D eigenvalue weighted by Crippen LogP contribution is 2.48. The summed E-state index contributed by atoms with van der Waals surface area (Å²) in [5.41, 5.74) is 8.92. The predicted octanol–water partition coefficient (Wildman–Crippen LogP) is 11.9. The summed E-state index contributed by atoms with van der Waals surface area (Å²) in [6, 6.07) is 44.8. The molecular formula is C40H22O3. The molecule has 43 heavy (non-hydrogen) atoms. The maximum atomic E-state index is 6.35. The quantitative estimate of drug-likeness (QED) is 0.201. The van der Waals surface area contributed by atoms with E-state index in [9.17, 15) is 0 Å². The molecule has 0 fully saturated rings. The van der Waals surface area contributed by atoms with Crippen molar-refractivity contribution in [1.29, 1.82) is 0 Å². The molecule has 3 heterocycles. The Kier molecular flexibility index (Phi) is 4.45. The summed E-state index contributed by atoms with van der Waals surface area (Å²) in [5.74, 6) is 0. The maximum Gasteiger partial charge on any atom is 0.146 e. The molecule has 3 aromatic heterocycles. The van der Waals surface area contributed by atoms with Gasteiger partial charge in [-0.25, -0.2) is 0 Å². The number of rotatable bonds is 2. The minimum absolute atomic E-state index is 0.832. The Labute approximate surface area is 245 Å². The van der Waals surface area contributed by atoms with Gasteiger partial charge in [0.2, 0.25) is 0 Å². The summed E-state index contributed by atoms with van der Waals surface area (Å²) in [6.07, 6.45) is 1.77. The summed E-state index contributed by atoms with van der Waals surface area (Å²) < 4.78 is 18.9. The summed E-state index contributed by atoms with van der Waals surface area (Å²) in [7, 11) is 0. The highest BCUT2D eigenvalue weighted by atomic mass is 16.3. The SMILES string of the molecule is c1ccc2c(c1)oc1cc(-c3c4ccccc4c(-c4cc5c6ccccc6oc5c5ccoc45)c4ccccc34)ccc12. The minimum atomic E-state index is 0.832. The number of para-hydroxylation sites is 2. The van der Waals surface area contributed by atoms with Crippen molar-refractivity contribution in [2.75, 3.05) is 0 Å². The molecule has 0 bridgehead atoms. The van der Waals surface area contributed by atoms with Crippen molar-refractivity contribution in [3.05, 3.63) is 134 Å². The van der Waals surface area contributed by atoms with Crippen LogP contribution in [0.25, 0.3) is 98.6 Å². The molecule has 7 aromatic carbocycles. The fourth-order valence-corrected chi connectivity index (χ4v) is 7.11. The number of furan rings is 3. The summed E-state index contributed by atoms with van der Waals surface area (Å²) >= 11 is 0. The van der Waals surface area contributed by atoms with Crippen molar-refractivity contribution in [3.8, 4) is 22.3 Å². The highest BCUT2D eigenvalue weighted by Gasteiger charge is 2.22. The molecule has 3 nitrogen and oxygen atoms in total. The lowest BCUT2D eigenvalue weighted by Crippen LogP contribution is -1.91. The molecule has 200 valence electrons. The zero-order valence-corrected chi connectivity index (χ0v) is 22.9. The first-order valence-electron chi connectivity index (χ1n) is 14.5. The number of fused-ring (bicyclic) bond motifs is 10. The second kappa shape index (κ2) is 8.37. The van der Waals surface area contributed by atoms with Crippen molar-refractivity contribution < 1.29 is 13.3 Å². The Morgan fingerprint density at radius 1 is 0.349 bits per heavy atom. The zero-order valence-electron chi connectivity index (χ0n) is 22.9. The smallest absolute Gasteiger partial charge is 0.146 e. The molecule has 0 aliphatic carbocycles. The fraction of sp³-hybridized carbons (Fsp3) is 0. The van der Waals surface area contributed by atoms with Crippen LogP contribution in [0.1, 0.15) is 0 Å². The molecule has 3 heteroatoms. The summed E-state index contributed by atoms with van der Waals surface area (Å²) in [6.45, 7) is 0. The van der Waals surface area contributed by atoms with E-state index in [1.165, 1.54) is 27.1 Å². The Morgan fingerprint density at radius 3 is 1.60 bits per heavy atom. The Bertz CT molecular complexity index is 2680. The van der Waals surface area contributed by atoms with Crippen molar-refractivity contribution in [3.63, 3.8) is 0 Å². The van der Waals surface area contributed by atoms with E-state index >= 15 is 0 Å². The van der Waals surface area contributed by atoms with Gasteiger partial charge < -0.3 is 13.3 Å². The molecule has 10 rings (SSSR count). The van der Waals surface area contributed by atoms with Crippen LogP contribution in [0.15, 0.2) is 147 Å². The van der Waals surface area contributed by atoms with Crippen molar-refractivity contribution in [2.24, 2.45) is 0 Å². The van der Waals surface area contributed by atoms with Gasteiger partial charge in [-0.15, -0.1) is 0 Å². The van der Waals surface area contributed by atoms with Crippen molar-refractivity contribution in [1.82, 2.24) is 0 Å².